The SMILES string of the molecule is Cc1ccc(O)c(NS(=O)(=O)CCc2ccccn2)n1. The molecule has 2 aromatic heterocycles. The van der Waals surface area contributed by atoms with Gasteiger partial charge in [-0.25, -0.2) is 13.4 Å². The number of hydrogen-bond donors (Lipinski definition) is 2. The average molecular weight is 293 g/mol. The standard InChI is InChI=1S/C13H15N3O3S/c1-10-5-6-12(17)13(15-10)16-20(18,19)9-7-11-4-2-3-8-14-11/h2-6,8,17H,7,9H2,1H3,(H,15,16). The Balaban J connectivity index is 2.06. The summed E-state index contributed by atoms with van der Waals surface area (Å²) in [6.45, 7) is 1.71. The molecule has 0 saturated heterocycles. The molecule has 2 rings (SSSR count). The Hall–Kier alpha value is -2.15. The molecule has 0 bridgehead atoms. The number of sulfonamides is 1. The highest BCUT2D eigenvalue weighted by Crippen LogP contribution is 2.21. The van der Waals surface area contributed by atoms with Gasteiger partial charge in [-0.05, 0) is 31.2 Å². The molecule has 0 amide bonds. The minimum atomic E-state index is -3.58. The largest absolute Gasteiger partial charge is 0.504 e. The summed E-state index contributed by atoms with van der Waals surface area (Å²) in [4.78, 5) is 8.02. The highest BCUT2D eigenvalue weighted by atomic mass is 32.2. The van der Waals surface area contributed by atoms with E-state index < -0.39 is 10.0 Å². The Morgan fingerprint density at radius 1 is 1.25 bits per heavy atom. The van der Waals surface area contributed by atoms with E-state index in [-0.39, 0.29) is 17.3 Å². The minimum Gasteiger partial charge on any atom is -0.504 e. The lowest BCUT2D eigenvalue weighted by atomic mass is 10.3. The van der Waals surface area contributed by atoms with Crippen LogP contribution in [-0.2, 0) is 16.4 Å². The molecule has 7 heteroatoms. The average Bonchev–Trinajstić information content (AvgIpc) is 2.42. The van der Waals surface area contributed by atoms with E-state index in [9.17, 15) is 13.5 Å². The highest BCUT2D eigenvalue weighted by molar-refractivity contribution is 7.92. The molecule has 20 heavy (non-hydrogen) atoms. The van der Waals surface area contributed by atoms with E-state index in [1.165, 1.54) is 6.07 Å². The Labute approximate surface area is 117 Å². The Kier molecular flexibility index (Phi) is 4.19. The van der Waals surface area contributed by atoms with E-state index in [0.717, 1.165) is 0 Å². The van der Waals surface area contributed by atoms with Crippen LogP contribution in [0.15, 0.2) is 36.5 Å². The third-order valence-corrected chi connectivity index (χ3v) is 3.86. The molecule has 0 spiro atoms. The molecule has 0 aliphatic rings. The molecule has 0 saturated carbocycles. The van der Waals surface area contributed by atoms with Gasteiger partial charge in [-0.3, -0.25) is 9.71 Å². The van der Waals surface area contributed by atoms with E-state index in [4.69, 9.17) is 0 Å². The van der Waals surface area contributed by atoms with Gasteiger partial charge in [0.2, 0.25) is 10.0 Å². The van der Waals surface area contributed by atoms with E-state index in [1.54, 1.807) is 37.4 Å². The maximum absolute atomic E-state index is 11.9. The van der Waals surface area contributed by atoms with Crippen molar-refractivity contribution in [1.82, 2.24) is 9.97 Å². The number of nitrogens with zero attached hydrogens (tertiary/aromatic N) is 2. The molecule has 2 aromatic rings. The first-order valence-electron chi connectivity index (χ1n) is 6.03. The summed E-state index contributed by atoms with van der Waals surface area (Å²) in [5.74, 6) is -0.373. The van der Waals surface area contributed by atoms with Crippen molar-refractivity contribution in [3.63, 3.8) is 0 Å². The van der Waals surface area contributed by atoms with Crippen molar-refractivity contribution >= 4 is 15.8 Å². The first-order chi connectivity index (χ1) is 9.46. The van der Waals surface area contributed by atoms with Crippen LogP contribution in [0, 0.1) is 6.92 Å². The smallest absolute Gasteiger partial charge is 0.234 e. The predicted molar refractivity (Wildman–Crippen MR) is 76.0 cm³/mol. The quantitative estimate of drug-likeness (QED) is 0.871. The van der Waals surface area contributed by atoms with Crippen molar-refractivity contribution in [3.8, 4) is 5.75 Å². The molecule has 0 radical (unpaired) electrons. The molecule has 2 N–H and O–H groups in total. The van der Waals surface area contributed by atoms with Crippen LogP contribution in [0.4, 0.5) is 5.82 Å². The minimum absolute atomic E-state index is 0.0500. The lowest BCUT2D eigenvalue weighted by Gasteiger charge is -2.09. The van der Waals surface area contributed by atoms with Gasteiger partial charge < -0.3 is 5.11 Å². The van der Waals surface area contributed by atoms with Crippen molar-refractivity contribution in [2.75, 3.05) is 10.5 Å². The molecular formula is C13H15N3O3S. The molecule has 0 atom stereocenters. The summed E-state index contributed by atoms with van der Waals surface area (Å²) in [7, 11) is -3.58. The summed E-state index contributed by atoms with van der Waals surface area (Å²) < 4.78 is 26.2. The lowest BCUT2D eigenvalue weighted by Crippen LogP contribution is -2.19. The first kappa shape index (κ1) is 14.3. The van der Waals surface area contributed by atoms with Crippen LogP contribution in [0.25, 0.3) is 0 Å². The third-order valence-electron chi connectivity index (χ3n) is 2.62. The summed E-state index contributed by atoms with van der Waals surface area (Å²) >= 11 is 0. The van der Waals surface area contributed by atoms with Crippen LogP contribution in [0.1, 0.15) is 11.4 Å². The fourth-order valence-electron chi connectivity index (χ4n) is 1.61. The van der Waals surface area contributed by atoms with Crippen LogP contribution in [0.5, 0.6) is 5.75 Å². The van der Waals surface area contributed by atoms with Gasteiger partial charge in [-0.15, -0.1) is 0 Å². The fourth-order valence-corrected chi connectivity index (χ4v) is 2.63. The number of nitrogens with one attached hydrogen (secondary N) is 1. The van der Waals surface area contributed by atoms with Crippen LogP contribution in [0.3, 0.4) is 0 Å². The third kappa shape index (κ3) is 3.92. The molecular weight excluding hydrogens is 278 g/mol. The molecule has 6 nitrogen and oxygen atoms in total. The fraction of sp³-hybridized carbons (Fsp3) is 0.231. The Morgan fingerprint density at radius 2 is 2.05 bits per heavy atom. The van der Waals surface area contributed by atoms with Gasteiger partial charge in [0.05, 0.1) is 5.75 Å². The van der Waals surface area contributed by atoms with E-state index >= 15 is 0 Å². The number of pyridine rings is 2. The molecule has 106 valence electrons. The predicted octanol–water partition coefficient (Wildman–Crippen LogP) is 1.48. The van der Waals surface area contributed by atoms with Gasteiger partial charge in [0.15, 0.2) is 11.6 Å². The van der Waals surface area contributed by atoms with Gasteiger partial charge in [-0.1, -0.05) is 6.07 Å². The number of aromatic hydroxyl groups is 1. The number of hydrogen-bond acceptors (Lipinski definition) is 5. The Morgan fingerprint density at radius 3 is 2.75 bits per heavy atom. The van der Waals surface area contributed by atoms with Crippen LogP contribution >= 0.6 is 0 Å². The lowest BCUT2D eigenvalue weighted by molar-refractivity contribution is 0.475. The zero-order valence-corrected chi connectivity index (χ0v) is 11.8. The second kappa shape index (κ2) is 5.87. The zero-order valence-electron chi connectivity index (χ0n) is 10.9. The van der Waals surface area contributed by atoms with Gasteiger partial charge in [-0.2, -0.15) is 0 Å². The molecule has 0 aliphatic heterocycles. The number of anilines is 1. The zero-order chi connectivity index (χ0) is 14.6. The molecule has 0 aromatic carbocycles. The molecule has 2 heterocycles. The van der Waals surface area contributed by atoms with Gasteiger partial charge in [0.1, 0.15) is 0 Å². The van der Waals surface area contributed by atoms with Crippen molar-refractivity contribution < 1.29 is 13.5 Å². The normalized spacial score (nSPS) is 11.2. The molecule has 0 unspecified atom stereocenters. The summed E-state index contributed by atoms with van der Waals surface area (Å²) in [5.41, 5.74) is 1.31. The van der Waals surface area contributed by atoms with Gasteiger partial charge >= 0.3 is 0 Å². The van der Waals surface area contributed by atoms with Crippen LogP contribution in [-0.4, -0.2) is 29.2 Å². The van der Waals surface area contributed by atoms with E-state index in [1.807, 2.05) is 0 Å². The van der Waals surface area contributed by atoms with Crippen molar-refractivity contribution in [2.24, 2.45) is 0 Å². The number of aryl methyl sites for hydroxylation is 2. The first-order valence-corrected chi connectivity index (χ1v) is 7.68. The monoisotopic (exact) mass is 293 g/mol. The van der Waals surface area contributed by atoms with Crippen molar-refractivity contribution in [1.29, 1.82) is 0 Å². The van der Waals surface area contributed by atoms with E-state index in [0.29, 0.717) is 17.8 Å². The van der Waals surface area contributed by atoms with E-state index in [2.05, 4.69) is 14.7 Å². The summed E-state index contributed by atoms with van der Waals surface area (Å²) in [5, 5.41) is 9.58. The topological polar surface area (TPSA) is 92.2 Å². The second-order valence-corrected chi connectivity index (χ2v) is 6.15. The van der Waals surface area contributed by atoms with Crippen molar-refractivity contribution in [3.05, 3.63) is 47.9 Å². The summed E-state index contributed by atoms with van der Waals surface area (Å²) in [6.07, 6.45) is 1.91. The van der Waals surface area contributed by atoms with Crippen LogP contribution < -0.4 is 4.72 Å². The van der Waals surface area contributed by atoms with Gasteiger partial charge in [0, 0.05) is 24.0 Å². The van der Waals surface area contributed by atoms with Crippen LogP contribution in [0.2, 0.25) is 0 Å². The number of rotatable bonds is 5. The van der Waals surface area contributed by atoms with Gasteiger partial charge in [0.25, 0.3) is 0 Å². The Bertz CT molecular complexity index is 687. The molecule has 0 aliphatic carbocycles. The van der Waals surface area contributed by atoms with Crippen molar-refractivity contribution in [2.45, 2.75) is 13.3 Å². The summed E-state index contributed by atoms with van der Waals surface area (Å²) in [6, 6.07) is 8.33. The molecule has 0 fully saturated rings. The number of aromatic nitrogens is 2. The highest BCUT2D eigenvalue weighted by Gasteiger charge is 2.14. The second-order valence-electron chi connectivity index (χ2n) is 4.31. The maximum atomic E-state index is 11.9. The maximum Gasteiger partial charge on any atom is 0.234 e.